The molecule has 1 aromatic carbocycles. The van der Waals surface area contributed by atoms with Crippen LogP contribution in [0.3, 0.4) is 0 Å². The molecule has 21 heavy (non-hydrogen) atoms. The summed E-state index contributed by atoms with van der Waals surface area (Å²) in [6.07, 6.45) is 0. The summed E-state index contributed by atoms with van der Waals surface area (Å²) in [6, 6.07) is 10.6. The van der Waals surface area contributed by atoms with E-state index in [9.17, 15) is 14.0 Å². The predicted molar refractivity (Wildman–Crippen MR) is 74.7 cm³/mol. The Hall–Kier alpha value is -2.76. The highest BCUT2D eigenvalue weighted by Gasteiger charge is 2.21. The van der Waals surface area contributed by atoms with E-state index in [4.69, 9.17) is 5.11 Å². The Morgan fingerprint density at radius 1 is 1.19 bits per heavy atom. The van der Waals surface area contributed by atoms with Gasteiger partial charge >= 0.3 is 5.97 Å². The first-order valence-electron chi connectivity index (χ1n) is 6.20. The Bertz CT molecular complexity index is 671. The number of rotatable bonds is 4. The van der Waals surface area contributed by atoms with E-state index >= 15 is 0 Å². The van der Waals surface area contributed by atoms with Gasteiger partial charge in [-0.25, -0.2) is 4.98 Å². The number of nitrogens with zero attached hydrogens (tertiary/aromatic N) is 2. The van der Waals surface area contributed by atoms with Crippen molar-refractivity contribution >= 4 is 17.6 Å². The van der Waals surface area contributed by atoms with Crippen LogP contribution in [-0.4, -0.2) is 28.5 Å². The van der Waals surface area contributed by atoms with Crippen molar-refractivity contribution in [2.24, 2.45) is 0 Å². The van der Waals surface area contributed by atoms with Gasteiger partial charge in [-0.1, -0.05) is 23.8 Å². The molecule has 5 nitrogen and oxygen atoms in total. The molecule has 6 heteroatoms. The van der Waals surface area contributed by atoms with Crippen molar-refractivity contribution in [3.05, 3.63) is 59.7 Å². The van der Waals surface area contributed by atoms with E-state index in [1.54, 1.807) is 24.3 Å². The normalized spacial score (nSPS) is 10.2. The van der Waals surface area contributed by atoms with Crippen LogP contribution in [0, 0.1) is 12.9 Å². The molecule has 0 radical (unpaired) electrons. The fraction of sp³-hybridized carbons (Fsp3) is 0.133. The van der Waals surface area contributed by atoms with Gasteiger partial charge in [0.25, 0.3) is 5.91 Å². The van der Waals surface area contributed by atoms with E-state index < -0.39 is 24.4 Å². The van der Waals surface area contributed by atoms with Gasteiger partial charge < -0.3 is 5.11 Å². The van der Waals surface area contributed by atoms with Gasteiger partial charge in [0.2, 0.25) is 5.95 Å². The van der Waals surface area contributed by atoms with E-state index in [2.05, 4.69) is 4.98 Å². The maximum atomic E-state index is 13.1. The Morgan fingerprint density at radius 3 is 2.43 bits per heavy atom. The minimum absolute atomic E-state index is 0.142. The zero-order chi connectivity index (χ0) is 15.4. The number of anilines is 1. The van der Waals surface area contributed by atoms with Crippen molar-refractivity contribution in [2.75, 3.05) is 11.4 Å². The van der Waals surface area contributed by atoms with Gasteiger partial charge in [0, 0.05) is 5.69 Å². The summed E-state index contributed by atoms with van der Waals surface area (Å²) < 4.78 is 13.1. The second kappa shape index (κ2) is 6.13. The number of aromatic nitrogens is 1. The number of carboxylic acid groups (broad SMARTS) is 1. The van der Waals surface area contributed by atoms with Crippen molar-refractivity contribution in [1.29, 1.82) is 0 Å². The van der Waals surface area contributed by atoms with Gasteiger partial charge in [0.05, 0.1) is 0 Å². The SMILES string of the molecule is Cc1ccc(N(CC(=O)O)C(=O)c2cccc(F)n2)cc1. The number of aliphatic carboxylic acids is 1. The molecule has 1 aromatic heterocycles. The molecule has 0 saturated carbocycles. The molecule has 1 amide bonds. The van der Waals surface area contributed by atoms with Gasteiger partial charge in [-0.15, -0.1) is 0 Å². The van der Waals surface area contributed by atoms with Crippen LogP contribution in [0.25, 0.3) is 0 Å². The smallest absolute Gasteiger partial charge is 0.323 e. The highest BCUT2D eigenvalue weighted by atomic mass is 19.1. The largest absolute Gasteiger partial charge is 0.480 e. The Kier molecular flexibility index (Phi) is 4.27. The number of benzene rings is 1. The van der Waals surface area contributed by atoms with Crippen LogP contribution >= 0.6 is 0 Å². The van der Waals surface area contributed by atoms with Crippen molar-refractivity contribution < 1.29 is 19.1 Å². The standard InChI is InChI=1S/C15H13FN2O3/c1-10-5-7-11(8-6-10)18(9-14(19)20)15(21)12-3-2-4-13(16)17-12/h2-8H,9H2,1H3,(H,19,20). The lowest BCUT2D eigenvalue weighted by molar-refractivity contribution is -0.135. The van der Waals surface area contributed by atoms with E-state index in [0.717, 1.165) is 16.5 Å². The average molecular weight is 288 g/mol. The summed E-state index contributed by atoms with van der Waals surface area (Å²) in [7, 11) is 0. The Balaban J connectivity index is 2.38. The Labute approximate surface area is 120 Å². The molecule has 0 fully saturated rings. The summed E-state index contributed by atoms with van der Waals surface area (Å²) >= 11 is 0. The molecule has 0 unspecified atom stereocenters. The highest BCUT2D eigenvalue weighted by Crippen LogP contribution is 2.17. The van der Waals surface area contributed by atoms with Crippen molar-refractivity contribution in [2.45, 2.75) is 6.92 Å². The molecular weight excluding hydrogens is 275 g/mol. The van der Waals surface area contributed by atoms with Crippen LogP contribution in [-0.2, 0) is 4.79 Å². The zero-order valence-electron chi connectivity index (χ0n) is 11.3. The van der Waals surface area contributed by atoms with Gasteiger partial charge in [-0.3, -0.25) is 14.5 Å². The van der Waals surface area contributed by atoms with E-state index in [1.807, 2.05) is 6.92 Å². The summed E-state index contributed by atoms with van der Waals surface area (Å²) in [5.41, 5.74) is 1.25. The number of amides is 1. The van der Waals surface area contributed by atoms with Gasteiger partial charge in [0.1, 0.15) is 12.2 Å². The highest BCUT2D eigenvalue weighted by molar-refractivity contribution is 6.07. The van der Waals surface area contributed by atoms with E-state index in [-0.39, 0.29) is 5.69 Å². The fourth-order valence-corrected chi connectivity index (χ4v) is 1.81. The third kappa shape index (κ3) is 3.62. The molecule has 1 heterocycles. The van der Waals surface area contributed by atoms with Crippen LogP contribution in [0.2, 0.25) is 0 Å². The summed E-state index contributed by atoms with van der Waals surface area (Å²) in [6.45, 7) is 1.35. The number of hydrogen-bond donors (Lipinski definition) is 1. The predicted octanol–water partition coefficient (Wildman–Crippen LogP) is 2.26. The van der Waals surface area contributed by atoms with Crippen molar-refractivity contribution in [3.8, 4) is 0 Å². The second-order valence-electron chi connectivity index (χ2n) is 4.47. The molecule has 0 atom stereocenters. The molecule has 0 spiro atoms. The van der Waals surface area contributed by atoms with Gasteiger partial charge in [-0.05, 0) is 31.2 Å². The van der Waals surface area contributed by atoms with E-state index in [1.165, 1.54) is 12.1 Å². The molecule has 2 rings (SSSR count). The number of halogens is 1. The van der Waals surface area contributed by atoms with Crippen LogP contribution in [0.15, 0.2) is 42.5 Å². The quantitative estimate of drug-likeness (QED) is 0.876. The number of aryl methyl sites for hydroxylation is 1. The first-order chi connectivity index (χ1) is 9.97. The molecule has 0 aliphatic carbocycles. The second-order valence-corrected chi connectivity index (χ2v) is 4.47. The lowest BCUT2D eigenvalue weighted by atomic mass is 10.2. The first-order valence-corrected chi connectivity index (χ1v) is 6.20. The lowest BCUT2D eigenvalue weighted by Crippen LogP contribution is -2.36. The molecule has 0 saturated heterocycles. The first kappa shape index (κ1) is 14.6. The van der Waals surface area contributed by atoms with Crippen LogP contribution in [0.1, 0.15) is 16.1 Å². The van der Waals surface area contributed by atoms with Crippen LogP contribution < -0.4 is 4.90 Å². The summed E-state index contributed by atoms with van der Waals surface area (Å²) in [5.74, 6) is -2.62. The minimum Gasteiger partial charge on any atom is -0.480 e. The molecule has 1 N–H and O–H groups in total. The molecular formula is C15H13FN2O3. The van der Waals surface area contributed by atoms with Gasteiger partial charge in [0.15, 0.2) is 0 Å². The molecule has 0 aliphatic heterocycles. The van der Waals surface area contributed by atoms with Crippen LogP contribution in [0.5, 0.6) is 0 Å². The number of pyridine rings is 1. The maximum Gasteiger partial charge on any atom is 0.323 e. The van der Waals surface area contributed by atoms with Crippen molar-refractivity contribution in [1.82, 2.24) is 4.98 Å². The number of carbonyl (C=O) groups is 2. The van der Waals surface area contributed by atoms with Gasteiger partial charge in [-0.2, -0.15) is 4.39 Å². The number of carboxylic acids is 1. The molecule has 0 bridgehead atoms. The minimum atomic E-state index is -1.17. The fourth-order valence-electron chi connectivity index (χ4n) is 1.81. The molecule has 0 aliphatic rings. The van der Waals surface area contributed by atoms with Crippen LogP contribution in [0.4, 0.5) is 10.1 Å². The summed E-state index contributed by atoms with van der Waals surface area (Å²) in [4.78, 5) is 27.9. The topological polar surface area (TPSA) is 70.5 Å². The van der Waals surface area contributed by atoms with E-state index in [0.29, 0.717) is 5.69 Å². The molecule has 2 aromatic rings. The molecule has 108 valence electrons. The number of carbonyl (C=O) groups excluding carboxylic acids is 1. The van der Waals surface area contributed by atoms with Crippen molar-refractivity contribution in [3.63, 3.8) is 0 Å². The summed E-state index contributed by atoms with van der Waals surface area (Å²) in [5, 5.41) is 8.96. The number of hydrogen-bond acceptors (Lipinski definition) is 3. The third-order valence-corrected chi connectivity index (χ3v) is 2.82. The third-order valence-electron chi connectivity index (χ3n) is 2.82. The monoisotopic (exact) mass is 288 g/mol. The lowest BCUT2D eigenvalue weighted by Gasteiger charge is -2.20. The zero-order valence-corrected chi connectivity index (χ0v) is 11.3. The maximum absolute atomic E-state index is 13.1. The average Bonchev–Trinajstić information content (AvgIpc) is 2.45. The Morgan fingerprint density at radius 2 is 1.86 bits per heavy atom.